The minimum atomic E-state index is -0.273. The molecule has 0 spiro atoms. The topological polar surface area (TPSA) is 55.1 Å². The first-order valence-electron chi connectivity index (χ1n) is 5.25. The van der Waals surface area contributed by atoms with E-state index in [9.17, 15) is 4.79 Å². The van der Waals surface area contributed by atoms with Crippen LogP contribution in [0, 0.1) is 6.92 Å². The van der Waals surface area contributed by atoms with Gasteiger partial charge in [0.1, 0.15) is 0 Å². The summed E-state index contributed by atoms with van der Waals surface area (Å²) in [7, 11) is 0. The minimum absolute atomic E-state index is 0.109. The van der Waals surface area contributed by atoms with E-state index in [4.69, 9.17) is 5.73 Å². The van der Waals surface area contributed by atoms with Gasteiger partial charge < -0.3 is 11.1 Å². The number of carbonyl (C=O) groups excluding carboxylic acids is 1. The zero-order valence-corrected chi connectivity index (χ0v) is 11.2. The van der Waals surface area contributed by atoms with Gasteiger partial charge in [0.2, 0.25) is 5.91 Å². The molecule has 1 amide bonds. The summed E-state index contributed by atoms with van der Waals surface area (Å²) in [5, 5.41) is 3.26. The number of halogens is 1. The number of benzene rings is 1. The molecule has 0 aliphatic heterocycles. The molecule has 3 nitrogen and oxygen atoms in total. The first-order valence-corrected chi connectivity index (χ1v) is 6.05. The fourth-order valence-electron chi connectivity index (χ4n) is 1.41. The summed E-state index contributed by atoms with van der Waals surface area (Å²) in [6.45, 7) is 4.75. The average Bonchev–Trinajstić information content (AvgIpc) is 2.19. The Labute approximate surface area is 105 Å². The zero-order valence-electron chi connectivity index (χ0n) is 9.59. The van der Waals surface area contributed by atoms with Crippen LogP contribution in [0.15, 0.2) is 22.7 Å². The second-order valence-electron chi connectivity index (χ2n) is 4.04. The van der Waals surface area contributed by atoms with Gasteiger partial charge in [-0.05, 0) is 31.0 Å². The third-order valence-electron chi connectivity index (χ3n) is 2.40. The molecular weight excluding hydrogens is 268 g/mol. The SMILES string of the molecule is Cc1ccc(CNC(C)CC(N)=O)cc1Br. The molecule has 0 aromatic heterocycles. The molecule has 0 bridgehead atoms. The maximum atomic E-state index is 10.7. The van der Waals surface area contributed by atoms with Gasteiger partial charge in [0.05, 0.1) is 0 Å². The first-order chi connectivity index (χ1) is 7.49. The monoisotopic (exact) mass is 284 g/mol. The molecule has 1 aromatic rings. The molecule has 1 atom stereocenters. The Hall–Kier alpha value is -0.870. The van der Waals surface area contributed by atoms with Gasteiger partial charge in [-0.25, -0.2) is 0 Å². The van der Waals surface area contributed by atoms with Gasteiger partial charge in [-0.2, -0.15) is 0 Å². The van der Waals surface area contributed by atoms with Crippen molar-refractivity contribution in [1.29, 1.82) is 0 Å². The Morgan fingerprint density at radius 3 is 2.81 bits per heavy atom. The van der Waals surface area contributed by atoms with Crippen LogP contribution in [0.4, 0.5) is 0 Å². The number of hydrogen-bond donors (Lipinski definition) is 2. The van der Waals surface area contributed by atoms with Crippen LogP contribution in [0.1, 0.15) is 24.5 Å². The Balaban J connectivity index is 2.48. The first kappa shape index (κ1) is 13.2. The predicted octanol–water partition coefficient (Wildman–Crippen LogP) is 2.11. The van der Waals surface area contributed by atoms with Gasteiger partial charge in [-0.15, -0.1) is 0 Å². The van der Waals surface area contributed by atoms with Crippen molar-refractivity contribution in [2.24, 2.45) is 5.73 Å². The normalized spacial score (nSPS) is 12.4. The highest BCUT2D eigenvalue weighted by Gasteiger charge is 2.05. The van der Waals surface area contributed by atoms with Crippen molar-refractivity contribution >= 4 is 21.8 Å². The number of rotatable bonds is 5. The van der Waals surface area contributed by atoms with E-state index in [0.717, 1.165) is 11.0 Å². The second-order valence-corrected chi connectivity index (χ2v) is 4.89. The highest BCUT2D eigenvalue weighted by molar-refractivity contribution is 9.10. The van der Waals surface area contributed by atoms with Gasteiger partial charge in [-0.3, -0.25) is 4.79 Å². The molecule has 4 heteroatoms. The van der Waals surface area contributed by atoms with E-state index in [1.54, 1.807) is 0 Å². The van der Waals surface area contributed by atoms with Gasteiger partial charge in [0.25, 0.3) is 0 Å². The lowest BCUT2D eigenvalue weighted by molar-refractivity contribution is -0.118. The molecule has 1 rings (SSSR count). The highest BCUT2D eigenvalue weighted by Crippen LogP contribution is 2.17. The number of carbonyl (C=O) groups is 1. The molecule has 0 fully saturated rings. The van der Waals surface area contributed by atoms with E-state index in [0.29, 0.717) is 6.42 Å². The molecule has 0 heterocycles. The van der Waals surface area contributed by atoms with Crippen molar-refractivity contribution in [2.75, 3.05) is 0 Å². The molecule has 3 N–H and O–H groups in total. The predicted molar refractivity (Wildman–Crippen MR) is 69.0 cm³/mol. The highest BCUT2D eigenvalue weighted by atomic mass is 79.9. The number of nitrogens with two attached hydrogens (primary N) is 1. The third kappa shape index (κ3) is 4.33. The number of primary amides is 1. The molecular formula is C12H17BrN2O. The quantitative estimate of drug-likeness (QED) is 0.870. The lowest BCUT2D eigenvalue weighted by atomic mass is 10.1. The summed E-state index contributed by atoms with van der Waals surface area (Å²) in [5.74, 6) is -0.273. The van der Waals surface area contributed by atoms with Crippen LogP contribution in [0.25, 0.3) is 0 Å². The van der Waals surface area contributed by atoms with Crippen LogP contribution in [-0.2, 0) is 11.3 Å². The van der Waals surface area contributed by atoms with E-state index in [2.05, 4.69) is 46.4 Å². The molecule has 0 saturated heterocycles. The van der Waals surface area contributed by atoms with E-state index in [1.807, 2.05) is 6.92 Å². The molecule has 88 valence electrons. The summed E-state index contributed by atoms with van der Waals surface area (Å²) in [6, 6.07) is 6.33. The van der Waals surface area contributed by atoms with Crippen molar-refractivity contribution in [1.82, 2.24) is 5.32 Å². The average molecular weight is 285 g/mol. The van der Waals surface area contributed by atoms with Crippen molar-refractivity contribution in [3.05, 3.63) is 33.8 Å². The Morgan fingerprint density at radius 2 is 2.25 bits per heavy atom. The maximum absolute atomic E-state index is 10.7. The number of aryl methyl sites for hydroxylation is 1. The van der Waals surface area contributed by atoms with E-state index >= 15 is 0 Å². The Kier molecular flexibility index (Phi) is 4.96. The van der Waals surface area contributed by atoms with Crippen molar-refractivity contribution < 1.29 is 4.79 Å². The van der Waals surface area contributed by atoms with Crippen LogP contribution in [0.2, 0.25) is 0 Å². The third-order valence-corrected chi connectivity index (χ3v) is 3.25. The second kappa shape index (κ2) is 6.01. The summed E-state index contributed by atoms with van der Waals surface area (Å²) in [5.41, 5.74) is 7.53. The molecule has 16 heavy (non-hydrogen) atoms. The molecule has 0 radical (unpaired) electrons. The smallest absolute Gasteiger partial charge is 0.218 e. The standard InChI is InChI=1S/C12H17BrN2O/c1-8-3-4-10(6-11(8)13)7-15-9(2)5-12(14)16/h3-4,6,9,15H,5,7H2,1-2H3,(H2,14,16). The molecule has 0 saturated carbocycles. The van der Waals surface area contributed by atoms with E-state index < -0.39 is 0 Å². The van der Waals surface area contributed by atoms with Crippen molar-refractivity contribution in [2.45, 2.75) is 32.9 Å². The number of amides is 1. The molecule has 1 unspecified atom stereocenters. The maximum Gasteiger partial charge on any atom is 0.218 e. The number of hydrogen-bond acceptors (Lipinski definition) is 2. The van der Waals surface area contributed by atoms with E-state index in [-0.39, 0.29) is 11.9 Å². The minimum Gasteiger partial charge on any atom is -0.370 e. The van der Waals surface area contributed by atoms with Crippen LogP contribution >= 0.6 is 15.9 Å². The summed E-state index contributed by atoms with van der Waals surface area (Å²) < 4.78 is 1.11. The lowest BCUT2D eigenvalue weighted by Crippen LogP contribution is -2.30. The fraction of sp³-hybridized carbons (Fsp3) is 0.417. The summed E-state index contributed by atoms with van der Waals surface area (Å²) >= 11 is 3.49. The van der Waals surface area contributed by atoms with Crippen LogP contribution in [-0.4, -0.2) is 11.9 Å². The van der Waals surface area contributed by atoms with Gasteiger partial charge in [0, 0.05) is 23.5 Å². The van der Waals surface area contributed by atoms with Crippen LogP contribution in [0.3, 0.4) is 0 Å². The zero-order chi connectivity index (χ0) is 12.1. The fourth-order valence-corrected chi connectivity index (χ4v) is 1.84. The molecule has 1 aromatic carbocycles. The van der Waals surface area contributed by atoms with Crippen LogP contribution in [0.5, 0.6) is 0 Å². The largest absolute Gasteiger partial charge is 0.370 e. The van der Waals surface area contributed by atoms with Crippen LogP contribution < -0.4 is 11.1 Å². The summed E-state index contributed by atoms with van der Waals surface area (Å²) in [6.07, 6.45) is 0.368. The van der Waals surface area contributed by atoms with Crippen molar-refractivity contribution in [3.8, 4) is 0 Å². The Morgan fingerprint density at radius 1 is 1.56 bits per heavy atom. The molecule has 0 aliphatic carbocycles. The van der Waals surface area contributed by atoms with Gasteiger partial charge in [0.15, 0.2) is 0 Å². The lowest BCUT2D eigenvalue weighted by Gasteiger charge is -2.12. The molecule has 0 aliphatic rings. The number of nitrogens with one attached hydrogen (secondary N) is 1. The summed E-state index contributed by atoms with van der Waals surface area (Å²) in [4.78, 5) is 10.7. The van der Waals surface area contributed by atoms with E-state index in [1.165, 1.54) is 11.1 Å². The van der Waals surface area contributed by atoms with Crippen molar-refractivity contribution in [3.63, 3.8) is 0 Å². The Bertz CT molecular complexity index is 379. The van der Waals surface area contributed by atoms with Gasteiger partial charge in [-0.1, -0.05) is 28.1 Å². The van der Waals surface area contributed by atoms with Gasteiger partial charge >= 0.3 is 0 Å².